The van der Waals surface area contributed by atoms with Crippen LogP contribution in [0, 0.1) is 45.3 Å². The van der Waals surface area contributed by atoms with Gasteiger partial charge >= 0.3 is 18.9 Å². The minimum absolute atomic E-state index is 0. The predicted molar refractivity (Wildman–Crippen MR) is 52.3 cm³/mol. The maximum atomic E-state index is 7.32. The number of hydrogen-bond acceptors (Lipinski definition) is 4. The Morgan fingerprint density at radius 1 is 0.538 bits per heavy atom. The molecule has 0 aliphatic heterocycles. The van der Waals surface area contributed by atoms with Gasteiger partial charge in [-0.25, -0.2) is 0 Å². The summed E-state index contributed by atoms with van der Waals surface area (Å²) in [6.45, 7) is 5.72. The Morgan fingerprint density at radius 3 is 0.538 bits per heavy atom. The molecule has 13 heavy (non-hydrogen) atoms. The van der Waals surface area contributed by atoms with E-state index in [1.807, 2.05) is 0 Å². The van der Waals surface area contributed by atoms with Gasteiger partial charge in [-0.3, -0.25) is 0 Å². The Bertz CT molecular complexity index is 150. The van der Waals surface area contributed by atoms with Crippen LogP contribution >= 0.6 is 0 Å². The van der Waals surface area contributed by atoms with Gasteiger partial charge in [-0.2, -0.15) is 21.0 Å². The van der Waals surface area contributed by atoms with E-state index < -0.39 is 0 Å². The van der Waals surface area contributed by atoms with E-state index >= 15 is 0 Å². The van der Waals surface area contributed by atoms with Gasteiger partial charge in [-0.15, -0.1) is 0 Å². The van der Waals surface area contributed by atoms with Crippen molar-refractivity contribution in [2.45, 2.75) is 27.7 Å². The molecule has 0 fully saturated rings. The molecule has 0 unspecified atom stereocenters. The van der Waals surface area contributed by atoms with Crippen LogP contribution in [0.1, 0.15) is 27.7 Å². The molecule has 0 atom stereocenters. The summed E-state index contributed by atoms with van der Waals surface area (Å²) in [7, 11) is 0. The third kappa shape index (κ3) is 371. The fraction of sp³-hybridized carbons (Fsp3) is 0.500. The molecule has 0 radical (unpaired) electrons. The van der Waals surface area contributed by atoms with Crippen molar-refractivity contribution >= 4 is 18.9 Å². The molecule has 0 N–H and O–H groups in total. The number of nitrogens with zero attached hydrogens (tertiary/aromatic N) is 4. The van der Waals surface area contributed by atoms with E-state index in [0.29, 0.717) is 0 Å². The molecule has 66 valence electrons. The third-order valence-electron chi connectivity index (χ3n) is 0. The van der Waals surface area contributed by atoms with Crippen molar-refractivity contribution in [1.82, 2.24) is 0 Å². The molecule has 0 spiro atoms. The molecule has 0 aromatic heterocycles. The average molecular weight is 172 g/mol. The number of rotatable bonds is 0. The van der Waals surface area contributed by atoms with E-state index in [1.54, 1.807) is 24.3 Å². The molecule has 5 heteroatoms. The van der Waals surface area contributed by atoms with E-state index in [0.717, 1.165) is 0 Å². The Kier molecular flexibility index (Phi) is 340. The molecule has 0 aliphatic carbocycles. The molecule has 0 aliphatic rings. The summed E-state index contributed by atoms with van der Waals surface area (Å²) in [6, 6.07) is 7.00. The fourth-order valence-corrected chi connectivity index (χ4v) is 0. The van der Waals surface area contributed by atoms with Crippen molar-refractivity contribution in [3.8, 4) is 24.3 Å². The van der Waals surface area contributed by atoms with Crippen LogP contribution in [0.25, 0.3) is 0 Å². The number of hydrogen-bond donors (Lipinski definition) is 0. The van der Waals surface area contributed by atoms with Crippen LogP contribution in [0.2, 0.25) is 0 Å². The molecule has 0 aromatic carbocycles. The monoisotopic (exact) mass is 172 g/mol. The molecule has 0 amide bonds. The maximum absolute atomic E-state index is 7.32. The Balaban J connectivity index is -0.0000000213. The van der Waals surface area contributed by atoms with Crippen LogP contribution in [0.4, 0.5) is 0 Å². The van der Waals surface area contributed by atoms with Gasteiger partial charge in [-0.1, -0.05) is 0 Å². The van der Waals surface area contributed by atoms with Crippen LogP contribution in [-0.4, -0.2) is 18.9 Å². The zero-order valence-electron chi connectivity index (χ0n) is 7.79. The molecule has 4 nitrogen and oxygen atoms in total. The summed E-state index contributed by atoms with van der Waals surface area (Å²) in [4.78, 5) is 0. The van der Waals surface area contributed by atoms with Crippen LogP contribution in [0.5, 0.6) is 0 Å². The second kappa shape index (κ2) is 147. The first-order chi connectivity index (χ1) is 5.66. The molecule has 0 aromatic rings. The second-order valence-corrected chi connectivity index (χ2v) is 0.894. The first-order valence-electron chi connectivity index (χ1n) is 2.89. The molecule has 0 bridgehead atoms. The third-order valence-corrected chi connectivity index (χ3v) is 0. The van der Waals surface area contributed by atoms with E-state index in [9.17, 15) is 0 Å². The normalized spacial score (nSPS) is 2.46. The fourth-order valence-electron chi connectivity index (χ4n) is 0. The van der Waals surface area contributed by atoms with E-state index in [2.05, 4.69) is 0 Å². The van der Waals surface area contributed by atoms with E-state index in [1.165, 1.54) is 27.7 Å². The van der Waals surface area contributed by atoms with Crippen LogP contribution in [0.3, 0.4) is 0 Å². The van der Waals surface area contributed by atoms with Crippen LogP contribution < -0.4 is 0 Å². The van der Waals surface area contributed by atoms with Gasteiger partial charge in [0.05, 0.1) is 24.3 Å². The van der Waals surface area contributed by atoms with Gasteiger partial charge in [0, 0.05) is 27.7 Å². The standard InChI is InChI=1S/4C2H3N.Li.H/c4*1-2-3;;/h4*1H3;;. The Hall–Kier alpha value is -1.44. The van der Waals surface area contributed by atoms with Gasteiger partial charge in [0.2, 0.25) is 0 Å². The number of nitriles is 4. The van der Waals surface area contributed by atoms with E-state index in [4.69, 9.17) is 21.0 Å². The van der Waals surface area contributed by atoms with Crippen molar-refractivity contribution in [2.75, 3.05) is 0 Å². The summed E-state index contributed by atoms with van der Waals surface area (Å²) in [5.41, 5.74) is 0. The van der Waals surface area contributed by atoms with E-state index in [-0.39, 0.29) is 18.9 Å². The van der Waals surface area contributed by atoms with Gasteiger partial charge in [-0.05, 0) is 0 Å². The molecule has 0 saturated carbocycles. The molecule has 0 rings (SSSR count). The predicted octanol–water partition coefficient (Wildman–Crippen LogP) is 1.47. The van der Waals surface area contributed by atoms with Gasteiger partial charge in [0.25, 0.3) is 0 Å². The summed E-state index contributed by atoms with van der Waals surface area (Å²) in [6.07, 6.45) is 0. The Labute approximate surface area is 92.2 Å². The Morgan fingerprint density at radius 2 is 0.538 bits per heavy atom. The SMILES string of the molecule is CC#N.CC#N.CC#N.CC#N.[LiH]. The van der Waals surface area contributed by atoms with Gasteiger partial charge in [0.15, 0.2) is 0 Å². The molecular weight excluding hydrogens is 159 g/mol. The zero-order valence-corrected chi connectivity index (χ0v) is 7.79. The second-order valence-electron chi connectivity index (χ2n) is 0.894. The summed E-state index contributed by atoms with van der Waals surface area (Å²) in [5, 5.41) is 29.3. The topological polar surface area (TPSA) is 95.2 Å². The molecule has 0 saturated heterocycles. The minimum atomic E-state index is 0. The average Bonchev–Trinajstić information content (AvgIpc) is 1.92. The molecule has 0 heterocycles. The quantitative estimate of drug-likeness (QED) is 0.517. The summed E-state index contributed by atoms with van der Waals surface area (Å²) in [5.74, 6) is 0. The van der Waals surface area contributed by atoms with Crippen molar-refractivity contribution < 1.29 is 0 Å². The van der Waals surface area contributed by atoms with Crippen molar-refractivity contribution in [3.63, 3.8) is 0 Å². The van der Waals surface area contributed by atoms with Crippen molar-refractivity contribution in [3.05, 3.63) is 0 Å². The van der Waals surface area contributed by atoms with Crippen LogP contribution in [-0.2, 0) is 0 Å². The van der Waals surface area contributed by atoms with Crippen LogP contribution in [0.15, 0.2) is 0 Å². The summed E-state index contributed by atoms with van der Waals surface area (Å²) < 4.78 is 0. The van der Waals surface area contributed by atoms with Crippen molar-refractivity contribution in [2.24, 2.45) is 0 Å². The van der Waals surface area contributed by atoms with Gasteiger partial charge < -0.3 is 0 Å². The first-order valence-corrected chi connectivity index (χ1v) is 2.89. The van der Waals surface area contributed by atoms with Gasteiger partial charge in [0.1, 0.15) is 0 Å². The summed E-state index contributed by atoms with van der Waals surface area (Å²) >= 11 is 0. The molecular formula is C8H13LiN4. The van der Waals surface area contributed by atoms with Crippen molar-refractivity contribution in [1.29, 1.82) is 21.0 Å². The zero-order chi connectivity index (χ0) is 10.8. The first kappa shape index (κ1) is 30.0.